The van der Waals surface area contributed by atoms with Crippen LogP contribution >= 0.6 is 0 Å². The van der Waals surface area contributed by atoms with Crippen LogP contribution in [0.15, 0.2) is 18.2 Å². The molecule has 1 fully saturated rings. The Morgan fingerprint density at radius 2 is 2.06 bits per heavy atom. The third kappa shape index (κ3) is 2.55. The third-order valence-electron chi connectivity index (χ3n) is 3.72. The minimum absolute atomic E-state index is 0.184. The quantitative estimate of drug-likeness (QED) is 0.786. The fourth-order valence-corrected chi connectivity index (χ4v) is 2.74. The van der Waals surface area contributed by atoms with Crippen molar-refractivity contribution in [3.63, 3.8) is 0 Å². The summed E-state index contributed by atoms with van der Waals surface area (Å²) in [7, 11) is 0. The van der Waals surface area contributed by atoms with E-state index < -0.39 is 0 Å². The van der Waals surface area contributed by atoms with E-state index >= 15 is 0 Å². The lowest BCUT2D eigenvalue weighted by atomic mass is 10.1. The number of rotatable bonds is 4. The SMILES string of the molecule is Cc1cccc(N(CCO)C2CCCC2)c1N. The van der Waals surface area contributed by atoms with Crippen LogP contribution in [-0.2, 0) is 0 Å². The number of nitrogens with two attached hydrogens (primary N) is 1. The monoisotopic (exact) mass is 234 g/mol. The van der Waals surface area contributed by atoms with Crippen molar-refractivity contribution in [1.29, 1.82) is 0 Å². The maximum Gasteiger partial charge on any atom is 0.0606 e. The van der Waals surface area contributed by atoms with Crippen LogP contribution in [0.2, 0.25) is 0 Å². The Kier molecular flexibility index (Phi) is 3.89. The molecule has 0 heterocycles. The number of nitrogen functional groups attached to an aromatic ring is 1. The first kappa shape index (κ1) is 12.2. The number of hydrogen-bond donors (Lipinski definition) is 2. The zero-order chi connectivity index (χ0) is 12.3. The number of hydrogen-bond acceptors (Lipinski definition) is 3. The van der Waals surface area contributed by atoms with E-state index in [9.17, 15) is 5.11 Å². The summed E-state index contributed by atoms with van der Waals surface area (Å²) in [6, 6.07) is 6.69. The summed E-state index contributed by atoms with van der Waals surface area (Å²) >= 11 is 0. The summed E-state index contributed by atoms with van der Waals surface area (Å²) in [5.74, 6) is 0. The van der Waals surface area contributed by atoms with Gasteiger partial charge in [0.2, 0.25) is 0 Å². The van der Waals surface area contributed by atoms with Gasteiger partial charge >= 0.3 is 0 Å². The van der Waals surface area contributed by atoms with Gasteiger partial charge in [0.1, 0.15) is 0 Å². The molecule has 3 heteroatoms. The zero-order valence-corrected chi connectivity index (χ0v) is 10.5. The topological polar surface area (TPSA) is 49.5 Å². The van der Waals surface area contributed by atoms with Crippen LogP contribution in [0.1, 0.15) is 31.2 Å². The number of aliphatic hydroxyl groups is 1. The molecule has 0 saturated heterocycles. The van der Waals surface area contributed by atoms with Gasteiger partial charge in [-0.1, -0.05) is 25.0 Å². The van der Waals surface area contributed by atoms with Crippen LogP contribution in [0, 0.1) is 6.92 Å². The number of anilines is 2. The lowest BCUT2D eigenvalue weighted by Gasteiger charge is -2.32. The molecule has 1 aromatic rings. The Morgan fingerprint density at radius 3 is 2.71 bits per heavy atom. The summed E-state index contributed by atoms with van der Waals surface area (Å²) in [6.45, 7) is 2.90. The predicted octanol–water partition coefficient (Wildman–Crippen LogP) is 2.32. The van der Waals surface area contributed by atoms with Gasteiger partial charge in [0.15, 0.2) is 0 Å². The number of aryl methyl sites for hydroxylation is 1. The van der Waals surface area contributed by atoms with Crippen LogP contribution in [0.25, 0.3) is 0 Å². The summed E-state index contributed by atoms with van der Waals surface area (Å²) < 4.78 is 0. The van der Waals surface area contributed by atoms with Crippen LogP contribution in [0.3, 0.4) is 0 Å². The minimum Gasteiger partial charge on any atom is -0.397 e. The average Bonchev–Trinajstić information content (AvgIpc) is 2.84. The summed E-state index contributed by atoms with van der Waals surface area (Å²) in [5.41, 5.74) is 9.22. The minimum atomic E-state index is 0.184. The molecule has 0 bridgehead atoms. The Bertz CT molecular complexity index is 372. The first-order chi connectivity index (χ1) is 8.24. The molecule has 0 radical (unpaired) electrons. The Hall–Kier alpha value is -1.22. The van der Waals surface area contributed by atoms with Crippen molar-refractivity contribution in [3.8, 4) is 0 Å². The number of para-hydroxylation sites is 1. The second-order valence-electron chi connectivity index (χ2n) is 4.86. The fourth-order valence-electron chi connectivity index (χ4n) is 2.74. The maximum atomic E-state index is 9.24. The van der Waals surface area contributed by atoms with E-state index in [1.807, 2.05) is 19.1 Å². The van der Waals surface area contributed by atoms with Crippen molar-refractivity contribution in [2.45, 2.75) is 38.6 Å². The maximum absolute atomic E-state index is 9.24. The summed E-state index contributed by atoms with van der Waals surface area (Å²) in [4.78, 5) is 2.29. The molecular formula is C14H22N2O. The number of benzene rings is 1. The van der Waals surface area contributed by atoms with E-state index in [-0.39, 0.29) is 6.61 Å². The molecule has 1 aliphatic carbocycles. The van der Waals surface area contributed by atoms with E-state index in [0.29, 0.717) is 12.6 Å². The molecule has 3 nitrogen and oxygen atoms in total. The standard InChI is InChI=1S/C14H22N2O/c1-11-5-4-8-13(14(11)15)16(9-10-17)12-6-2-3-7-12/h4-5,8,12,17H,2-3,6-7,9-10,15H2,1H3. The third-order valence-corrected chi connectivity index (χ3v) is 3.72. The lowest BCUT2D eigenvalue weighted by Crippen LogP contribution is -2.36. The molecule has 0 aliphatic heterocycles. The lowest BCUT2D eigenvalue weighted by molar-refractivity contribution is 0.297. The molecular weight excluding hydrogens is 212 g/mol. The molecule has 17 heavy (non-hydrogen) atoms. The van der Waals surface area contributed by atoms with Crippen molar-refractivity contribution in [1.82, 2.24) is 0 Å². The first-order valence-electron chi connectivity index (χ1n) is 6.46. The smallest absolute Gasteiger partial charge is 0.0606 e. The molecule has 1 saturated carbocycles. The van der Waals surface area contributed by atoms with Gasteiger partial charge < -0.3 is 15.7 Å². The number of aliphatic hydroxyl groups excluding tert-OH is 1. The van der Waals surface area contributed by atoms with E-state index in [2.05, 4.69) is 11.0 Å². The van der Waals surface area contributed by atoms with Crippen molar-refractivity contribution in [2.75, 3.05) is 23.8 Å². The molecule has 2 rings (SSSR count). The predicted molar refractivity (Wildman–Crippen MR) is 72.3 cm³/mol. The molecule has 0 aromatic heterocycles. The normalized spacial score (nSPS) is 16.4. The molecule has 0 spiro atoms. The van der Waals surface area contributed by atoms with E-state index in [1.165, 1.54) is 25.7 Å². The van der Waals surface area contributed by atoms with Crippen molar-refractivity contribution in [2.24, 2.45) is 0 Å². The second kappa shape index (κ2) is 5.41. The fraction of sp³-hybridized carbons (Fsp3) is 0.571. The average molecular weight is 234 g/mol. The van der Waals surface area contributed by atoms with E-state index in [1.54, 1.807) is 0 Å². The molecule has 0 atom stereocenters. The number of nitrogens with zero attached hydrogens (tertiary/aromatic N) is 1. The van der Waals surface area contributed by atoms with E-state index in [0.717, 1.165) is 16.9 Å². The highest BCUT2D eigenvalue weighted by Crippen LogP contribution is 2.32. The van der Waals surface area contributed by atoms with Gasteiger partial charge in [0, 0.05) is 12.6 Å². The Balaban J connectivity index is 2.27. The molecule has 0 amide bonds. The second-order valence-corrected chi connectivity index (χ2v) is 4.86. The van der Waals surface area contributed by atoms with Gasteiger partial charge in [-0.05, 0) is 31.4 Å². The van der Waals surface area contributed by atoms with Crippen LogP contribution in [0.5, 0.6) is 0 Å². The van der Waals surface area contributed by atoms with E-state index in [4.69, 9.17) is 5.73 Å². The van der Waals surface area contributed by atoms with Gasteiger partial charge in [0.05, 0.1) is 18.0 Å². The molecule has 1 aliphatic rings. The van der Waals surface area contributed by atoms with Crippen molar-refractivity contribution in [3.05, 3.63) is 23.8 Å². The van der Waals surface area contributed by atoms with Gasteiger partial charge in [-0.2, -0.15) is 0 Å². The van der Waals surface area contributed by atoms with Crippen molar-refractivity contribution < 1.29 is 5.11 Å². The molecule has 3 N–H and O–H groups in total. The Morgan fingerprint density at radius 1 is 1.35 bits per heavy atom. The van der Waals surface area contributed by atoms with Crippen LogP contribution in [-0.4, -0.2) is 24.3 Å². The summed E-state index contributed by atoms with van der Waals surface area (Å²) in [5, 5.41) is 9.24. The molecule has 1 aromatic carbocycles. The highest BCUT2D eigenvalue weighted by atomic mass is 16.3. The van der Waals surface area contributed by atoms with Gasteiger partial charge in [-0.25, -0.2) is 0 Å². The van der Waals surface area contributed by atoms with Crippen LogP contribution in [0.4, 0.5) is 11.4 Å². The van der Waals surface area contributed by atoms with Gasteiger partial charge in [0.25, 0.3) is 0 Å². The van der Waals surface area contributed by atoms with Crippen molar-refractivity contribution >= 4 is 11.4 Å². The van der Waals surface area contributed by atoms with Crippen LogP contribution < -0.4 is 10.6 Å². The first-order valence-corrected chi connectivity index (χ1v) is 6.46. The molecule has 94 valence electrons. The Labute approximate surface area is 103 Å². The molecule has 0 unspecified atom stereocenters. The largest absolute Gasteiger partial charge is 0.397 e. The highest BCUT2D eigenvalue weighted by molar-refractivity contribution is 5.71. The van der Waals surface area contributed by atoms with Gasteiger partial charge in [-0.3, -0.25) is 0 Å². The summed E-state index contributed by atoms with van der Waals surface area (Å²) in [6.07, 6.45) is 5.01. The van der Waals surface area contributed by atoms with Gasteiger partial charge in [-0.15, -0.1) is 0 Å². The highest BCUT2D eigenvalue weighted by Gasteiger charge is 2.23. The zero-order valence-electron chi connectivity index (χ0n) is 10.5.